The van der Waals surface area contributed by atoms with E-state index in [0.717, 1.165) is 6.04 Å². The molecule has 114 valence electrons. The van der Waals surface area contributed by atoms with Crippen molar-refractivity contribution in [1.82, 2.24) is 0 Å². The fraction of sp³-hybridized carbons (Fsp3) is 1.00. The molecule has 0 atom stereocenters. The highest BCUT2D eigenvalue weighted by Gasteiger charge is 2.22. The van der Waals surface area contributed by atoms with Crippen LogP contribution in [0.5, 0.6) is 0 Å². The molecule has 6 nitrogen and oxygen atoms in total. The largest absolute Gasteiger partial charge is 0.492 e. The zero-order chi connectivity index (χ0) is 15.6. The zero-order valence-corrected chi connectivity index (χ0v) is 15.3. The van der Waals surface area contributed by atoms with E-state index in [2.05, 4.69) is 0 Å². The van der Waals surface area contributed by atoms with E-state index in [1.54, 1.807) is 6.92 Å². The molecule has 0 unspecified atom stereocenters. The van der Waals surface area contributed by atoms with Gasteiger partial charge in [0.25, 0.3) is 0 Å². The van der Waals surface area contributed by atoms with Gasteiger partial charge < -0.3 is 28.8 Å². The van der Waals surface area contributed by atoms with Crippen LogP contribution in [-0.4, -0.2) is 54.5 Å². The second kappa shape index (κ2) is 10.2. The maximum atomic E-state index is 8.97. The summed E-state index contributed by atoms with van der Waals surface area (Å²) < 4.78 is 0. The van der Waals surface area contributed by atoms with Crippen molar-refractivity contribution in [1.29, 1.82) is 0 Å². The molecule has 0 aliphatic heterocycles. The van der Waals surface area contributed by atoms with Crippen molar-refractivity contribution in [2.24, 2.45) is 0 Å². The van der Waals surface area contributed by atoms with Crippen molar-refractivity contribution in [2.45, 2.75) is 58.5 Å². The van der Waals surface area contributed by atoms with E-state index in [9.17, 15) is 0 Å². The molecule has 0 rings (SSSR count). The third-order valence-corrected chi connectivity index (χ3v) is 6.03. The molecule has 18 heavy (non-hydrogen) atoms. The topological polar surface area (TPSA) is 121 Å². The highest BCUT2D eigenvalue weighted by molar-refractivity contribution is 6.69. The second-order valence-corrected chi connectivity index (χ2v) is 14.6. The SMILES string of the molecule is CC[Si](C)(C)O.CC[Si](C)(O)O.CC[Si](O)(O)O. The Hall–Kier alpha value is 0.411. The second-order valence-electron chi connectivity index (χ2n) is 4.86. The average molecular weight is 319 g/mol. The lowest BCUT2D eigenvalue weighted by Gasteiger charge is -2.07. The van der Waals surface area contributed by atoms with Gasteiger partial charge in [-0.1, -0.05) is 20.8 Å². The quantitative estimate of drug-likeness (QED) is 0.413. The molecule has 0 aromatic heterocycles. The minimum Gasteiger partial charge on any atom is -0.432 e. The van der Waals surface area contributed by atoms with Gasteiger partial charge in [0.15, 0.2) is 8.32 Å². The Morgan fingerprint density at radius 3 is 0.778 bits per heavy atom. The van der Waals surface area contributed by atoms with Crippen LogP contribution in [0.25, 0.3) is 0 Å². The lowest BCUT2D eigenvalue weighted by molar-refractivity contribution is 0.230. The molecule has 0 spiro atoms. The van der Waals surface area contributed by atoms with E-state index < -0.39 is 25.7 Å². The van der Waals surface area contributed by atoms with Gasteiger partial charge in [-0.3, -0.25) is 0 Å². The van der Waals surface area contributed by atoms with Crippen LogP contribution in [0.3, 0.4) is 0 Å². The summed E-state index contributed by atoms with van der Waals surface area (Å²) in [5.41, 5.74) is 0. The molecule has 0 aromatic rings. The summed E-state index contributed by atoms with van der Waals surface area (Å²) in [5.74, 6) is 0. The van der Waals surface area contributed by atoms with Crippen molar-refractivity contribution in [3.8, 4) is 0 Å². The molecule has 0 aliphatic rings. The highest BCUT2D eigenvalue weighted by atomic mass is 28.4. The monoisotopic (exact) mass is 318 g/mol. The van der Waals surface area contributed by atoms with Crippen LogP contribution in [0.1, 0.15) is 20.8 Å². The smallest absolute Gasteiger partial charge is 0.432 e. The number of hydrogen-bond donors (Lipinski definition) is 6. The first-order valence-electron chi connectivity index (χ1n) is 6.02. The molecule has 0 amide bonds. The predicted octanol–water partition coefficient (Wildman–Crippen LogP) is 0.189. The molecule has 0 saturated carbocycles. The van der Waals surface area contributed by atoms with E-state index in [4.69, 9.17) is 28.8 Å². The normalized spacial score (nSPS) is 12.0. The Bertz CT molecular complexity index is 149. The van der Waals surface area contributed by atoms with Gasteiger partial charge in [-0.15, -0.1) is 0 Å². The number of rotatable bonds is 3. The maximum Gasteiger partial charge on any atom is 0.492 e. The third kappa shape index (κ3) is 44.0. The Labute approximate surface area is 113 Å². The van der Waals surface area contributed by atoms with Crippen molar-refractivity contribution in [3.63, 3.8) is 0 Å². The Morgan fingerprint density at radius 1 is 0.611 bits per heavy atom. The van der Waals surface area contributed by atoms with Gasteiger partial charge in [0, 0.05) is 6.04 Å². The van der Waals surface area contributed by atoms with Crippen molar-refractivity contribution in [2.75, 3.05) is 0 Å². The fourth-order valence-electron chi connectivity index (χ4n) is 0. The van der Waals surface area contributed by atoms with Gasteiger partial charge in [0.1, 0.15) is 0 Å². The summed E-state index contributed by atoms with van der Waals surface area (Å²) >= 11 is 0. The van der Waals surface area contributed by atoms with E-state index in [1.807, 2.05) is 20.0 Å². The minimum atomic E-state index is -3.63. The van der Waals surface area contributed by atoms with Gasteiger partial charge in [-0.2, -0.15) is 0 Å². The first-order chi connectivity index (χ1) is 7.68. The molecule has 0 heterocycles. The first-order valence-corrected chi connectivity index (χ1v) is 13.8. The van der Waals surface area contributed by atoms with Gasteiger partial charge in [0.2, 0.25) is 0 Å². The molecular weight excluding hydrogens is 288 g/mol. The van der Waals surface area contributed by atoms with Crippen LogP contribution >= 0.6 is 0 Å². The molecule has 0 aliphatic carbocycles. The molecule has 6 N–H and O–H groups in total. The molecule has 0 aromatic carbocycles. The summed E-state index contributed by atoms with van der Waals surface area (Å²) in [5, 5.41) is 0. The van der Waals surface area contributed by atoms with E-state index >= 15 is 0 Å². The Balaban J connectivity index is -0.000000187. The molecule has 0 saturated heterocycles. The fourth-order valence-corrected chi connectivity index (χ4v) is 0. The van der Waals surface area contributed by atoms with Crippen molar-refractivity contribution < 1.29 is 28.8 Å². The van der Waals surface area contributed by atoms with E-state index in [1.165, 1.54) is 13.5 Å². The van der Waals surface area contributed by atoms with E-state index in [-0.39, 0.29) is 6.04 Å². The third-order valence-electron chi connectivity index (χ3n) is 2.01. The van der Waals surface area contributed by atoms with E-state index in [0.29, 0.717) is 6.04 Å². The molecule has 0 bridgehead atoms. The van der Waals surface area contributed by atoms with Crippen LogP contribution in [0.15, 0.2) is 0 Å². The molecule has 9 heteroatoms. The van der Waals surface area contributed by atoms with Crippen LogP contribution in [-0.2, 0) is 0 Å². The summed E-state index contributed by atoms with van der Waals surface area (Å²) in [6.07, 6.45) is 0. The molecule has 0 fully saturated rings. The van der Waals surface area contributed by atoms with Crippen LogP contribution in [0.4, 0.5) is 0 Å². The lowest BCUT2D eigenvalue weighted by atomic mass is 11.0. The first kappa shape index (κ1) is 23.5. The van der Waals surface area contributed by atoms with Gasteiger partial charge >= 0.3 is 17.4 Å². The van der Waals surface area contributed by atoms with Crippen LogP contribution in [0.2, 0.25) is 37.8 Å². The zero-order valence-electron chi connectivity index (χ0n) is 12.3. The van der Waals surface area contributed by atoms with Crippen molar-refractivity contribution >= 4 is 25.7 Å². The summed E-state index contributed by atoms with van der Waals surface area (Å²) in [7, 11) is -7.89. The maximum absolute atomic E-state index is 8.97. The van der Waals surface area contributed by atoms with Gasteiger partial charge in [0.05, 0.1) is 0 Å². The number of hydrogen-bond acceptors (Lipinski definition) is 6. The van der Waals surface area contributed by atoms with Gasteiger partial charge in [-0.25, -0.2) is 0 Å². The minimum absolute atomic E-state index is 0.0764. The Kier molecular flexibility index (Phi) is 13.4. The predicted molar refractivity (Wildman–Crippen MR) is 79.6 cm³/mol. The summed E-state index contributed by atoms with van der Waals surface area (Å²) in [6.45, 7) is 10.7. The van der Waals surface area contributed by atoms with Crippen molar-refractivity contribution in [3.05, 3.63) is 0 Å². The van der Waals surface area contributed by atoms with Crippen LogP contribution < -0.4 is 0 Å². The Morgan fingerprint density at radius 2 is 0.778 bits per heavy atom. The highest BCUT2D eigenvalue weighted by Crippen LogP contribution is 2.00. The molecular formula is C9H30O6Si3. The summed E-state index contributed by atoms with van der Waals surface area (Å²) in [6, 6.07) is 1.56. The summed E-state index contributed by atoms with van der Waals surface area (Å²) in [4.78, 5) is 50.2. The molecule has 0 radical (unpaired) electrons. The standard InChI is InChI=1S/C4H12OSi.C3H10O2Si.C2H8O3Si/c1-4-6(2,3)5;1-3-6(2,4)5;1-2-6(3,4)5/h5H,4H2,1-3H3;4-5H,3H2,1-2H3;3-5H,2H2,1H3. The lowest BCUT2D eigenvalue weighted by Crippen LogP contribution is -2.32. The average Bonchev–Trinajstić information content (AvgIpc) is 2.16. The van der Waals surface area contributed by atoms with Gasteiger partial charge in [-0.05, 0) is 31.7 Å². The van der Waals surface area contributed by atoms with Crippen LogP contribution in [0, 0.1) is 0 Å².